The van der Waals surface area contributed by atoms with E-state index in [2.05, 4.69) is 10.4 Å². The van der Waals surface area contributed by atoms with Crippen molar-refractivity contribution < 1.29 is 4.79 Å². The lowest BCUT2D eigenvalue weighted by Gasteiger charge is -1.96. The summed E-state index contributed by atoms with van der Waals surface area (Å²) in [4.78, 5) is 13.7. The molecule has 0 saturated heterocycles. The molecule has 0 aliphatic rings. The molecule has 1 aromatic heterocycles. The van der Waals surface area contributed by atoms with Gasteiger partial charge in [0.2, 0.25) is 5.91 Å². The number of hydrazine groups is 1. The fourth-order valence-electron chi connectivity index (χ4n) is 0.843. The van der Waals surface area contributed by atoms with E-state index in [1.807, 2.05) is 18.3 Å². The van der Waals surface area contributed by atoms with Gasteiger partial charge in [0.25, 0.3) is 0 Å². The summed E-state index contributed by atoms with van der Waals surface area (Å²) in [5.41, 5.74) is 3.12. The minimum Gasteiger partial charge on any atom is -0.365 e. The number of nitrogens with two attached hydrogens (primary N) is 1. The third kappa shape index (κ3) is 2.43. The molecule has 1 amide bonds. The molecular formula is C7H11N3O. The molecule has 0 saturated carbocycles. The van der Waals surface area contributed by atoms with Crippen LogP contribution >= 0.6 is 0 Å². The monoisotopic (exact) mass is 153 g/mol. The average molecular weight is 153 g/mol. The molecule has 0 aliphatic carbocycles. The van der Waals surface area contributed by atoms with Gasteiger partial charge in [0, 0.05) is 18.3 Å². The second-order valence-corrected chi connectivity index (χ2v) is 2.26. The highest BCUT2D eigenvalue weighted by Crippen LogP contribution is 1.97. The molecule has 1 rings (SSSR count). The lowest BCUT2D eigenvalue weighted by molar-refractivity contribution is -0.121. The highest BCUT2D eigenvalue weighted by molar-refractivity contribution is 5.75. The maximum atomic E-state index is 10.7. The molecule has 0 fully saturated rings. The number of rotatable bonds is 3. The van der Waals surface area contributed by atoms with Crippen LogP contribution in [0.15, 0.2) is 18.3 Å². The van der Waals surface area contributed by atoms with Crippen molar-refractivity contribution in [2.75, 3.05) is 0 Å². The molecule has 11 heavy (non-hydrogen) atoms. The number of aryl methyl sites for hydroxylation is 1. The fourth-order valence-corrected chi connectivity index (χ4v) is 0.843. The van der Waals surface area contributed by atoms with Crippen LogP contribution in [-0.2, 0) is 11.2 Å². The van der Waals surface area contributed by atoms with Crippen LogP contribution in [0.4, 0.5) is 0 Å². The first-order chi connectivity index (χ1) is 5.33. The number of carbonyl (C=O) groups excluding carboxylic acids is 1. The van der Waals surface area contributed by atoms with Gasteiger partial charge in [-0.3, -0.25) is 10.2 Å². The van der Waals surface area contributed by atoms with Gasteiger partial charge in [-0.1, -0.05) is 0 Å². The normalized spacial score (nSPS) is 9.55. The van der Waals surface area contributed by atoms with Gasteiger partial charge in [-0.05, 0) is 18.6 Å². The van der Waals surface area contributed by atoms with Crippen molar-refractivity contribution in [3.63, 3.8) is 0 Å². The second kappa shape index (κ2) is 3.78. The Morgan fingerprint density at radius 1 is 1.73 bits per heavy atom. The molecule has 0 bridgehead atoms. The van der Waals surface area contributed by atoms with Crippen molar-refractivity contribution >= 4 is 5.91 Å². The molecule has 1 heterocycles. The Bertz CT molecular complexity index is 218. The largest absolute Gasteiger partial charge is 0.365 e. The number of amides is 1. The van der Waals surface area contributed by atoms with E-state index in [0.717, 1.165) is 5.69 Å². The Morgan fingerprint density at radius 2 is 2.55 bits per heavy atom. The summed E-state index contributed by atoms with van der Waals surface area (Å²) in [6.07, 6.45) is 2.96. The van der Waals surface area contributed by atoms with Crippen molar-refractivity contribution in [3.05, 3.63) is 24.0 Å². The number of hydrogen-bond acceptors (Lipinski definition) is 2. The first kappa shape index (κ1) is 7.81. The molecule has 60 valence electrons. The first-order valence-corrected chi connectivity index (χ1v) is 3.44. The molecule has 0 spiro atoms. The van der Waals surface area contributed by atoms with E-state index in [1.165, 1.54) is 0 Å². The smallest absolute Gasteiger partial charge is 0.234 e. The molecule has 1 aromatic rings. The summed E-state index contributed by atoms with van der Waals surface area (Å²) >= 11 is 0. The maximum absolute atomic E-state index is 10.7. The van der Waals surface area contributed by atoms with Crippen LogP contribution < -0.4 is 11.3 Å². The lowest BCUT2D eigenvalue weighted by Crippen LogP contribution is -2.30. The Balaban J connectivity index is 2.29. The summed E-state index contributed by atoms with van der Waals surface area (Å²) in [6, 6.07) is 3.83. The van der Waals surface area contributed by atoms with E-state index in [0.29, 0.717) is 12.8 Å². The van der Waals surface area contributed by atoms with Crippen molar-refractivity contribution in [1.29, 1.82) is 0 Å². The van der Waals surface area contributed by atoms with Crippen LogP contribution in [0.5, 0.6) is 0 Å². The molecule has 4 N–H and O–H groups in total. The zero-order valence-corrected chi connectivity index (χ0v) is 6.13. The quantitative estimate of drug-likeness (QED) is 0.323. The molecule has 4 nitrogen and oxygen atoms in total. The van der Waals surface area contributed by atoms with Gasteiger partial charge in [-0.15, -0.1) is 0 Å². The van der Waals surface area contributed by atoms with E-state index in [4.69, 9.17) is 5.84 Å². The number of carbonyl (C=O) groups is 1. The van der Waals surface area contributed by atoms with Gasteiger partial charge in [-0.25, -0.2) is 5.84 Å². The van der Waals surface area contributed by atoms with Crippen LogP contribution in [0.3, 0.4) is 0 Å². The standard InChI is InChI=1S/C7H11N3O/c8-10-7(11)4-3-6-2-1-5-9-6/h1-2,5,9H,3-4,8H2,(H,10,11). The van der Waals surface area contributed by atoms with Crippen molar-refractivity contribution in [3.8, 4) is 0 Å². The zero-order valence-electron chi connectivity index (χ0n) is 6.13. The van der Waals surface area contributed by atoms with Crippen LogP contribution in [-0.4, -0.2) is 10.9 Å². The minimum absolute atomic E-state index is 0.139. The number of hydrogen-bond donors (Lipinski definition) is 3. The fraction of sp³-hybridized carbons (Fsp3) is 0.286. The van der Waals surface area contributed by atoms with Gasteiger partial charge in [-0.2, -0.15) is 0 Å². The molecule has 0 aliphatic heterocycles. The minimum atomic E-state index is -0.139. The third-order valence-electron chi connectivity index (χ3n) is 1.44. The number of H-pyrrole nitrogens is 1. The van der Waals surface area contributed by atoms with E-state index in [1.54, 1.807) is 0 Å². The highest BCUT2D eigenvalue weighted by atomic mass is 16.2. The first-order valence-electron chi connectivity index (χ1n) is 3.44. The van der Waals surface area contributed by atoms with Gasteiger partial charge in [0.15, 0.2) is 0 Å². The van der Waals surface area contributed by atoms with E-state index < -0.39 is 0 Å². The highest BCUT2D eigenvalue weighted by Gasteiger charge is 1.98. The third-order valence-corrected chi connectivity index (χ3v) is 1.44. The molecule has 0 unspecified atom stereocenters. The van der Waals surface area contributed by atoms with Gasteiger partial charge in [0.1, 0.15) is 0 Å². The van der Waals surface area contributed by atoms with Gasteiger partial charge < -0.3 is 4.98 Å². The predicted octanol–water partition coefficient (Wildman–Crippen LogP) is -0.0628. The number of aromatic nitrogens is 1. The topological polar surface area (TPSA) is 70.9 Å². The Morgan fingerprint density at radius 3 is 3.09 bits per heavy atom. The SMILES string of the molecule is NNC(=O)CCc1ccc[nH]1. The Labute approximate surface area is 64.8 Å². The van der Waals surface area contributed by atoms with Crippen LogP contribution in [0, 0.1) is 0 Å². The van der Waals surface area contributed by atoms with E-state index in [-0.39, 0.29) is 5.91 Å². The predicted molar refractivity (Wildman–Crippen MR) is 41.4 cm³/mol. The van der Waals surface area contributed by atoms with Crippen LogP contribution in [0.1, 0.15) is 12.1 Å². The van der Waals surface area contributed by atoms with Gasteiger partial charge in [0.05, 0.1) is 0 Å². The van der Waals surface area contributed by atoms with Crippen molar-refractivity contribution in [1.82, 2.24) is 10.4 Å². The van der Waals surface area contributed by atoms with Crippen LogP contribution in [0.2, 0.25) is 0 Å². The molecule has 4 heteroatoms. The zero-order chi connectivity index (χ0) is 8.10. The molecule has 0 atom stereocenters. The molecule has 0 aromatic carbocycles. The molecular weight excluding hydrogens is 142 g/mol. The Hall–Kier alpha value is -1.29. The average Bonchev–Trinajstić information content (AvgIpc) is 2.52. The van der Waals surface area contributed by atoms with Gasteiger partial charge >= 0.3 is 0 Å². The second-order valence-electron chi connectivity index (χ2n) is 2.26. The van der Waals surface area contributed by atoms with E-state index in [9.17, 15) is 4.79 Å². The molecule has 0 radical (unpaired) electrons. The van der Waals surface area contributed by atoms with Crippen LogP contribution in [0.25, 0.3) is 0 Å². The van der Waals surface area contributed by atoms with Crippen molar-refractivity contribution in [2.45, 2.75) is 12.8 Å². The maximum Gasteiger partial charge on any atom is 0.234 e. The van der Waals surface area contributed by atoms with E-state index >= 15 is 0 Å². The Kier molecular flexibility index (Phi) is 2.68. The lowest BCUT2D eigenvalue weighted by atomic mass is 10.2. The summed E-state index contributed by atoms with van der Waals surface area (Å²) in [5.74, 6) is 4.76. The van der Waals surface area contributed by atoms with Crippen molar-refractivity contribution in [2.24, 2.45) is 5.84 Å². The summed E-state index contributed by atoms with van der Waals surface area (Å²) < 4.78 is 0. The number of nitrogens with one attached hydrogen (secondary N) is 2. The number of aromatic amines is 1. The summed E-state index contributed by atoms with van der Waals surface area (Å²) in [7, 11) is 0. The summed E-state index contributed by atoms with van der Waals surface area (Å²) in [6.45, 7) is 0. The summed E-state index contributed by atoms with van der Waals surface area (Å²) in [5, 5.41) is 0.